The lowest BCUT2D eigenvalue weighted by Gasteiger charge is -2.38. The summed E-state index contributed by atoms with van der Waals surface area (Å²) in [6.07, 6.45) is 3.64. The van der Waals surface area contributed by atoms with Crippen LogP contribution >= 0.6 is 0 Å². The molecular weight excluding hydrogens is 356 g/mol. The van der Waals surface area contributed by atoms with Crippen molar-refractivity contribution in [1.29, 1.82) is 0 Å². The molecule has 6 nitrogen and oxygen atoms in total. The molecule has 0 spiro atoms. The average Bonchev–Trinajstić information content (AvgIpc) is 2.65. The van der Waals surface area contributed by atoms with Gasteiger partial charge in [-0.15, -0.1) is 0 Å². The van der Waals surface area contributed by atoms with E-state index >= 15 is 0 Å². The van der Waals surface area contributed by atoms with Gasteiger partial charge in [-0.05, 0) is 30.5 Å². The smallest absolute Gasteiger partial charge is 0.267 e. The fraction of sp³-hybridized carbons (Fsp3) is 0.474. The first kappa shape index (κ1) is 19.3. The lowest BCUT2D eigenvalue weighted by Crippen LogP contribution is -2.50. The number of benzene rings is 1. The van der Waals surface area contributed by atoms with Crippen LogP contribution in [0.5, 0.6) is 0 Å². The first-order valence-corrected chi connectivity index (χ1v) is 9.02. The van der Waals surface area contributed by atoms with Crippen LogP contribution in [0.1, 0.15) is 31.2 Å². The molecule has 1 aliphatic heterocycles. The number of piperidine rings is 1. The molecule has 0 unspecified atom stereocenters. The predicted octanol–water partition coefficient (Wildman–Crippen LogP) is 2.34. The Morgan fingerprint density at radius 1 is 1.19 bits per heavy atom. The van der Waals surface area contributed by atoms with E-state index in [4.69, 9.17) is 5.21 Å². The van der Waals surface area contributed by atoms with Crippen molar-refractivity contribution in [2.24, 2.45) is 5.92 Å². The number of amides is 2. The first-order valence-electron chi connectivity index (χ1n) is 9.02. The zero-order chi connectivity index (χ0) is 19.4. The number of anilines is 1. The maximum absolute atomic E-state index is 12.9. The molecule has 1 aromatic rings. The fourth-order valence-electron chi connectivity index (χ4n) is 3.55. The lowest BCUT2D eigenvalue weighted by molar-refractivity contribution is -0.150. The first-order chi connectivity index (χ1) is 12.9. The Bertz CT molecular complexity index is 723. The van der Waals surface area contributed by atoms with Gasteiger partial charge in [-0.3, -0.25) is 14.8 Å². The second kappa shape index (κ2) is 8.04. The quantitative estimate of drug-likeness (QED) is 0.417. The van der Waals surface area contributed by atoms with Gasteiger partial charge in [-0.1, -0.05) is 18.2 Å². The van der Waals surface area contributed by atoms with Crippen LogP contribution in [-0.2, 0) is 9.59 Å². The number of carbonyl (C=O) groups excluding carboxylic acids is 2. The molecule has 1 aromatic carbocycles. The average molecular weight is 379 g/mol. The van der Waals surface area contributed by atoms with Crippen molar-refractivity contribution in [3.63, 3.8) is 0 Å². The number of hydroxylamine groups is 1. The van der Waals surface area contributed by atoms with Gasteiger partial charge in [-0.25, -0.2) is 14.3 Å². The summed E-state index contributed by atoms with van der Waals surface area (Å²) in [5.74, 6) is -4.12. The molecule has 8 heteroatoms. The summed E-state index contributed by atoms with van der Waals surface area (Å²) < 4.78 is 25.8. The normalized spacial score (nSPS) is 20.3. The summed E-state index contributed by atoms with van der Waals surface area (Å²) in [5.41, 5.74) is 3.36. The van der Waals surface area contributed by atoms with Gasteiger partial charge in [0.15, 0.2) is 0 Å². The van der Waals surface area contributed by atoms with E-state index in [1.54, 1.807) is 11.6 Å². The maximum atomic E-state index is 12.9. The number of nitrogens with zero attached hydrogens (tertiary/aromatic N) is 1. The number of hydrogen-bond acceptors (Lipinski definition) is 4. The van der Waals surface area contributed by atoms with Gasteiger partial charge in [0.1, 0.15) is 0 Å². The molecule has 1 saturated heterocycles. The molecule has 27 heavy (non-hydrogen) atoms. The molecule has 1 saturated carbocycles. The Morgan fingerprint density at radius 3 is 2.48 bits per heavy atom. The highest BCUT2D eigenvalue weighted by Gasteiger charge is 2.48. The van der Waals surface area contributed by atoms with Gasteiger partial charge in [0, 0.05) is 49.7 Å². The number of halogens is 2. The maximum Gasteiger partial charge on any atom is 0.267 e. The standard InChI is InChI=1S/C19H23F2N3O3/c20-19(21)11-14(12-19)18(26)22-15-7-9-24(10-8-15)16-4-2-1-3-13(16)5-6-17(25)23-27/h1-6,14-15,27H,7-12H2,(H,22,26)(H,23,25)/b6-5+. The molecule has 1 aliphatic carbocycles. The molecule has 0 atom stereocenters. The Hall–Kier alpha value is -2.48. The Morgan fingerprint density at radius 2 is 1.85 bits per heavy atom. The Kier molecular flexibility index (Phi) is 5.74. The molecule has 0 bridgehead atoms. The molecule has 146 valence electrons. The highest BCUT2D eigenvalue weighted by atomic mass is 19.3. The van der Waals surface area contributed by atoms with Gasteiger partial charge in [0.05, 0.1) is 0 Å². The van der Waals surface area contributed by atoms with E-state index < -0.39 is 17.7 Å². The fourth-order valence-corrected chi connectivity index (χ4v) is 3.55. The summed E-state index contributed by atoms with van der Waals surface area (Å²) in [6, 6.07) is 7.59. The van der Waals surface area contributed by atoms with Crippen molar-refractivity contribution in [2.75, 3.05) is 18.0 Å². The van der Waals surface area contributed by atoms with E-state index in [1.807, 2.05) is 24.3 Å². The third-order valence-electron chi connectivity index (χ3n) is 5.10. The minimum absolute atomic E-state index is 0.00848. The van der Waals surface area contributed by atoms with Crippen LogP contribution < -0.4 is 15.7 Å². The highest BCUT2D eigenvalue weighted by molar-refractivity contribution is 5.91. The second-order valence-corrected chi connectivity index (χ2v) is 7.10. The number of alkyl halides is 2. The number of nitrogens with one attached hydrogen (secondary N) is 2. The van der Waals surface area contributed by atoms with E-state index in [0.29, 0.717) is 13.1 Å². The topological polar surface area (TPSA) is 81.7 Å². The Labute approximate surface area is 156 Å². The van der Waals surface area contributed by atoms with Crippen molar-refractivity contribution < 1.29 is 23.6 Å². The predicted molar refractivity (Wildman–Crippen MR) is 96.5 cm³/mol. The molecular formula is C19H23F2N3O3. The summed E-state index contributed by atoms with van der Waals surface area (Å²) in [4.78, 5) is 25.4. The highest BCUT2D eigenvalue weighted by Crippen LogP contribution is 2.42. The summed E-state index contributed by atoms with van der Waals surface area (Å²) >= 11 is 0. The largest absolute Gasteiger partial charge is 0.371 e. The third-order valence-corrected chi connectivity index (χ3v) is 5.10. The van der Waals surface area contributed by atoms with Gasteiger partial charge < -0.3 is 10.2 Å². The van der Waals surface area contributed by atoms with Gasteiger partial charge in [-0.2, -0.15) is 0 Å². The molecule has 1 heterocycles. The van der Waals surface area contributed by atoms with Crippen LogP contribution in [0.3, 0.4) is 0 Å². The molecule has 2 aliphatic rings. The van der Waals surface area contributed by atoms with E-state index in [9.17, 15) is 18.4 Å². The minimum Gasteiger partial charge on any atom is -0.371 e. The Balaban J connectivity index is 1.54. The lowest BCUT2D eigenvalue weighted by atomic mass is 9.80. The number of para-hydroxylation sites is 1. The van der Waals surface area contributed by atoms with Gasteiger partial charge in [0.2, 0.25) is 11.8 Å². The van der Waals surface area contributed by atoms with Crippen LogP contribution in [0.4, 0.5) is 14.5 Å². The summed E-state index contributed by atoms with van der Waals surface area (Å²) in [6.45, 7) is 1.42. The molecule has 3 N–H and O–H groups in total. The van der Waals surface area contributed by atoms with Crippen LogP contribution in [0.25, 0.3) is 6.08 Å². The molecule has 2 amide bonds. The minimum atomic E-state index is -2.68. The van der Waals surface area contributed by atoms with Gasteiger partial charge in [0.25, 0.3) is 5.91 Å². The SMILES string of the molecule is O=C(/C=C/c1ccccc1N1CCC(NC(=O)C2CC(F)(F)C2)CC1)NO. The summed E-state index contributed by atoms with van der Waals surface area (Å²) in [5, 5.41) is 11.5. The second-order valence-electron chi connectivity index (χ2n) is 7.10. The van der Waals surface area contributed by atoms with Crippen LogP contribution in [-0.4, -0.2) is 42.1 Å². The van der Waals surface area contributed by atoms with E-state index in [2.05, 4.69) is 10.2 Å². The van der Waals surface area contributed by atoms with Crippen LogP contribution in [0.15, 0.2) is 30.3 Å². The van der Waals surface area contributed by atoms with Gasteiger partial charge >= 0.3 is 0 Å². The molecule has 2 fully saturated rings. The zero-order valence-corrected chi connectivity index (χ0v) is 14.8. The number of carbonyl (C=O) groups is 2. The molecule has 0 radical (unpaired) electrons. The van der Waals surface area contributed by atoms with E-state index in [1.165, 1.54) is 6.08 Å². The van der Waals surface area contributed by atoms with Crippen LogP contribution in [0.2, 0.25) is 0 Å². The van der Waals surface area contributed by atoms with Crippen molar-refractivity contribution >= 4 is 23.6 Å². The van der Waals surface area contributed by atoms with Crippen molar-refractivity contribution in [3.05, 3.63) is 35.9 Å². The van der Waals surface area contributed by atoms with Crippen LogP contribution in [0, 0.1) is 5.92 Å². The molecule has 0 aromatic heterocycles. The monoisotopic (exact) mass is 379 g/mol. The number of rotatable bonds is 5. The van der Waals surface area contributed by atoms with Crippen molar-refractivity contribution in [2.45, 2.75) is 37.6 Å². The van der Waals surface area contributed by atoms with Crippen molar-refractivity contribution in [3.8, 4) is 0 Å². The third kappa shape index (κ3) is 4.82. The van der Waals surface area contributed by atoms with E-state index in [0.717, 1.165) is 24.1 Å². The molecule has 3 rings (SSSR count). The zero-order valence-electron chi connectivity index (χ0n) is 14.8. The van der Waals surface area contributed by atoms with Crippen molar-refractivity contribution in [1.82, 2.24) is 10.8 Å². The summed E-state index contributed by atoms with van der Waals surface area (Å²) in [7, 11) is 0. The number of hydrogen-bond donors (Lipinski definition) is 3. The van der Waals surface area contributed by atoms with E-state index in [-0.39, 0.29) is 24.8 Å².